The quantitative estimate of drug-likeness (QED) is 0.0870. The molecular weight excluding hydrogens is 627 g/mol. The van der Waals surface area contributed by atoms with Crippen LogP contribution in [-0.2, 0) is 17.5 Å². The van der Waals surface area contributed by atoms with Gasteiger partial charge < -0.3 is 24.4 Å². The molecule has 3 aromatic carbocycles. The number of hydrogen-bond acceptors (Lipinski definition) is 6. The van der Waals surface area contributed by atoms with Crippen molar-refractivity contribution in [2.75, 3.05) is 13.7 Å². The molecule has 5 rings (SSSR count). The van der Waals surface area contributed by atoms with Crippen molar-refractivity contribution in [1.82, 2.24) is 5.32 Å². The molecule has 1 aliphatic carbocycles. The molecule has 10 heteroatoms. The summed E-state index contributed by atoms with van der Waals surface area (Å²) >= 11 is 0. The molecule has 0 spiro atoms. The smallest absolute Gasteiger partial charge is 0.493 e. The third-order valence-corrected chi connectivity index (χ3v) is 9.09. The highest BCUT2D eigenvalue weighted by Crippen LogP contribution is 2.40. The number of pyridine rings is 1. The van der Waals surface area contributed by atoms with Gasteiger partial charge in [-0.3, -0.25) is 9.79 Å². The molecule has 1 aliphatic rings. The van der Waals surface area contributed by atoms with E-state index in [0.717, 1.165) is 41.9 Å². The molecule has 1 saturated carbocycles. The molecule has 4 N–H and O–H groups in total. The highest BCUT2D eigenvalue weighted by atomic mass is 31.2. The number of nitrogens with zero attached hydrogens (tertiary/aromatic N) is 1. The zero-order valence-electron chi connectivity index (χ0n) is 28.2. The summed E-state index contributed by atoms with van der Waals surface area (Å²) < 4.78 is 30.9. The maximum atomic E-state index is 11.8. The van der Waals surface area contributed by atoms with Crippen molar-refractivity contribution in [2.24, 2.45) is 0 Å². The molecule has 0 saturated heterocycles. The fourth-order valence-electron chi connectivity index (χ4n) is 6.11. The summed E-state index contributed by atoms with van der Waals surface area (Å²) in [5, 5.41) is 14.0. The van der Waals surface area contributed by atoms with E-state index in [1.807, 2.05) is 49.9 Å². The number of nitrogens with one attached hydrogen (secondary N) is 1. The van der Waals surface area contributed by atoms with Crippen LogP contribution in [0.15, 0.2) is 91.3 Å². The lowest BCUT2D eigenvalue weighted by Crippen LogP contribution is -2.38. The van der Waals surface area contributed by atoms with Crippen LogP contribution in [-0.4, -0.2) is 40.2 Å². The van der Waals surface area contributed by atoms with Gasteiger partial charge in [-0.15, -0.1) is 0 Å². The highest BCUT2D eigenvalue weighted by molar-refractivity contribution is 7.46. The van der Waals surface area contributed by atoms with Crippen molar-refractivity contribution < 1.29 is 38.0 Å². The van der Waals surface area contributed by atoms with Crippen molar-refractivity contribution in [3.05, 3.63) is 119 Å². The van der Waals surface area contributed by atoms with Crippen LogP contribution < -0.4 is 23.9 Å². The van der Waals surface area contributed by atoms with Gasteiger partial charge in [0, 0.05) is 30.1 Å². The van der Waals surface area contributed by atoms with Gasteiger partial charge in [0.1, 0.15) is 5.75 Å². The van der Waals surface area contributed by atoms with Crippen LogP contribution in [0, 0.1) is 0 Å². The Morgan fingerprint density at radius 2 is 1.54 bits per heavy atom. The Bertz CT molecular complexity index is 1680. The van der Waals surface area contributed by atoms with E-state index in [-0.39, 0.29) is 29.9 Å². The zero-order chi connectivity index (χ0) is 34.3. The summed E-state index contributed by atoms with van der Waals surface area (Å²) in [6, 6.07) is 25.8. The maximum absolute atomic E-state index is 11.8. The first-order chi connectivity index (χ1) is 22.9. The van der Waals surface area contributed by atoms with Gasteiger partial charge in [0.25, 0.3) is 0 Å². The summed E-state index contributed by atoms with van der Waals surface area (Å²) in [6.07, 6.45) is 8.51. The van der Waals surface area contributed by atoms with Gasteiger partial charge in [-0.25, -0.2) is 9.13 Å². The van der Waals surface area contributed by atoms with Gasteiger partial charge >= 0.3 is 7.82 Å². The number of phosphoric ester groups is 1. The number of methoxy groups -OCH3 is 1. The minimum absolute atomic E-state index is 0.0338. The molecule has 1 fully saturated rings. The largest absolute Gasteiger partial charge is 0.524 e. The lowest BCUT2D eigenvalue weighted by Gasteiger charge is -2.23. The number of benzene rings is 3. The lowest BCUT2D eigenvalue weighted by atomic mass is 9.86. The molecule has 256 valence electrons. The zero-order valence-corrected chi connectivity index (χ0v) is 29.1. The third-order valence-electron chi connectivity index (χ3n) is 8.66. The highest BCUT2D eigenvalue weighted by Gasteiger charge is 2.24. The van der Waals surface area contributed by atoms with Gasteiger partial charge in [-0.2, -0.15) is 0 Å². The standard InChI is InChI=1S/C38H47N2O7P/c1-38(2,3)39-25-34(41)30-14-15-31(36(24-30)47-48(42,43)44)26-40-20-18-27(19-21-40)22-33(28-10-6-5-7-11-28)29-16-17-35(45-4)37(23-29)46-32-12-8-9-13-32/h5-7,10-11,14-21,23-24,32-34,39,41H,8-9,12-13,22,25-26H2,1-4H3,(H-,42,43,44)/p+1/t33-,34?/m1/s1. The van der Waals surface area contributed by atoms with Crippen LogP contribution in [0.1, 0.15) is 86.3 Å². The van der Waals surface area contributed by atoms with E-state index in [4.69, 9.17) is 14.0 Å². The molecule has 9 nitrogen and oxygen atoms in total. The number of aliphatic hydroxyl groups excluding tert-OH is 1. The van der Waals surface area contributed by atoms with Gasteiger partial charge in [0.15, 0.2) is 30.4 Å². The van der Waals surface area contributed by atoms with Crippen molar-refractivity contribution in [3.63, 3.8) is 0 Å². The molecule has 1 aromatic heterocycles. The summed E-state index contributed by atoms with van der Waals surface area (Å²) in [4.78, 5) is 19.2. The number of aliphatic hydroxyl groups is 1. The summed E-state index contributed by atoms with van der Waals surface area (Å²) in [7, 11) is -3.16. The fraction of sp³-hybridized carbons (Fsp3) is 0.395. The molecule has 48 heavy (non-hydrogen) atoms. The van der Waals surface area contributed by atoms with Gasteiger partial charge in [0.2, 0.25) is 0 Å². The molecule has 1 heterocycles. The van der Waals surface area contributed by atoms with Crippen molar-refractivity contribution in [3.8, 4) is 17.2 Å². The topological polar surface area (TPSA) is 121 Å². The van der Waals surface area contributed by atoms with Gasteiger partial charge in [0.05, 0.1) is 24.9 Å². The van der Waals surface area contributed by atoms with E-state index in [1.54, 1.807) is 19.2 Å². The number of phosphoric acid groups is 1. The Labute approximate surface area is 283 Å². The molecule has 1 unspecified atom stereocenters. The number of hydrogen-bond donors (Lipinski definition) is 4. The average Bonchev–Trinajstić information content (AvgIpc) is 3.56. The van der Waals surface area contributed by atoms with E-state index in [2.05, 4.69) is 53.8 Å². The first-order valence-corrected chi connectivity index (χ1v) is 18.1. The number of aromatic nitrogens is 1. The van der Waals surface area contributed by atoms with Crippen molar-refractivity contribution in [1.29, 1.82) is 0 Å². The van der Waals surface area contributed by atoms with Crippen molar-refractivity contribution >= 4 is 7.82 Å². The van der Waals surface area contributed by atoms with Crippen LogP contribution in [0.5, 0.6) is 17.2 Å². The first kappa shape index (κ1) is 35.6. The second kappa shape index (κ2) is 15.7. The predicted octanol–water partition coefficient (Wildman–Crippen LogP) is 6.62. The minimum Gasteiger partial charge on any atom is -0.493 e. The van der Waals surface area contributed by atoms with E-state index >= 15 is 0 Å². The van der Waals surface area contributed by atoms with Crippen LogP contribution in [0.2, 0.25) is 0 Å². The molecule has 0 radical (unpaired) electrons. The Kier molecular flexibility index (Phi) is 11.6. The van der Waals surface area contributed by atoms with Crippen LogP contribution in [0.4, 0.5) is 0 Å². The molecule has 2 atom stereocenters. The van der Waals surface area contributed by atoms with Gasteiger partial charge in [-0.1, -0.05) is 42.5 Å². The second-order valence-electron chi connectivity index (χ2n) is 13.6. The maximum Gasteiger partial charge on any atom is 0.524 e. The average molecular weight is 676 g/mol. The van der Waals surface area contributed by atoms with E-state index < -0.39 is 13.9 Å². The Morgan fingerprint density at radius 1 is 0.875 bits per heavy atom. The van der Waals surface area contributed by atoms with Crippen molar-refractivity contribution in [2.45, 2.75) is 83.1 Å². The second-order valence-corrected chi connectivity index (χ2v) is 14.7. The third kappa shape index (κ3) is 10.1. The molecule has 4 aromatic rings. The van der Waals surface area contributed by atoms with Gasteiger partial charge in [-0.05, 0) is 99.4 Å². The lowest BCUT2D eigenvalue weighted by molar-refractivity contribution is -0.688. The monoisotopic (exact) mass is 675 g/mol. The number of β-amino-alcohol motifs (C(OH)–C–C–N with tert-alkyl or cyclic N) is 1. The molecule has 0 amide bonds. The Hall–Kier alpha value is -3.72. The van der Waals surface area contributed by atoms with E-state index in [1.165, 1.54) is 24.5 Å². The van der Waals surface area contributed by atoms with Crippen LogP contribution in [0.3, 0.4) is 0 Å². The van der Waals surface area contributed by atoms with E-state index in [9.17, 15) is 19.5 Å². The normalized spacial score (nSPS) is 15.2. The summed E-state index contributed by atoms with van der Waals surface area (Å²) in [6.45, 7) is 6.59. The minimum atomic E-state index is -4.83. The van der Waals surface area contributed by atoms with E-state index in [0.29, 0.717) is 17.7 Å². The first-order valence-electron chi connectivity index (χ1n) is 16.6. The Morgan fingerprint density at radius 3 is 2.19 bits per heavy atom. The summed E-state index contributed by atoms with van der Waals surface area (Å²) in [5.74, 6) is 1.64. The fourth-order valence-corrected chi connectivity index (χ4v) is 6.53. The molecule has 0 aliphatic heterocycles. The number of ether oxygens (including phenoxy) is 2. The Balaban J connectivity index is 1.36. The van der Waals surface area contributed by atoms with Crippen LogP contribution >= 0.6 is 7.82 Å². The predicted molar refractivity (Wildman–Crippen MR) is 185 cm³/mol. The molecular formula is C38H48N2O7P+. The summed E-state index contributed by atoms with van der Waals surface area (Å²) in [5.41, 5.74) is 4.35. The van der Waals surface area contributed by atoms with Crippen LogP contribution in [0.25, 0.3) is 0 Å². The number of rotatable bonds is 14. The SMILES string of the molecule is COc1ccc([C@H](Cc2cc[n+](Cc3ccc(C(O)CNC(C)(C)C)cc3OP(=O)(O)O)cc2)c2ccccc2)cc1OC1CCCC1. The molecule has 0 bridgehead atoms.